The lowest BCUT2D eigenvalue weighted by molar-refractivity contribution is -0.120. The van der Waals surface area contributed by atoms with Crippen molar-refractivity contribution in [2.24, 2.45) is 5.92 Å². The molecule has 0 aromatic rings. The average Bonchev–Trinajstić information content (AvgIpc) is 2.20. The maximum atomic E-state index is 11.5. The van der Waals surface area contributed by atoms with Crippen molar-refractivity contribution in [3.05, 3.63) is 0 Å². The van der Waals surface area contributed by atoms with Gasteiger partial charge in [0.05, 0.1) is 0 Å². The molecule has 1 fully saturated rings. The maximum absolute atomic E-state index is 11.5. The summed E-state index contributed by atoms with van der Waals surface area (Å²) in [6, 6.07) is 0. The molecule has 0 N–H and O–H groups in total. The highest BCUT2D eigenvalue weighted by Crippen LogP contribution is 2.26. The van der Waals surface area contributed by atoms with E-state index in [4.69, 9.17) is 6.42 Å². The number of hydrogen-bond acceptors (Lipinski definition) is 1. The minimum atomic E-state index is 0.423. The van der Waals surface area contributed by atoms with Gasteiger partial charge in [-0.2, -0.15) is 0 Å². The number of Topliss-reactive ketones (excluding diaryl/α,β-unsaturated/α-hetero) is 1. The Hall–Kier alpha value is -0.770. The van der Waals surface area contributed by atoms with Crippen LogP contribution < -0.4 is 0 Å². The first-order valence-corrected chi connectivity index (χ1v) is 5.78. The molecule has 0 radical (unpaired) electrons. The lowest BCUT2D eigenvalue weighted by Gasteiger charge is -2.20. The van der Waals surface area contributed by atoms with E-state index in [0.717, 1.165) is 19.3 Å². The molecule has 0 aliphatic heterocycles. The van der Waals surface area contributed by atoms with Gasteiger partial charge in [0.25, 0.3) is 0 Å². The third kappa shape index (κ3) is 4.46. The Kier molecular flexibility index (Phi) is 5.37. The number of unbranched alkanes of at least 4 members (excludes halogenated alkanes) is 1. The maximum Gasteiger partial charge on any atom is 0.133 e. The zero-order valence-electron chi connectivity index (χ0n) is 8.93. The molecule has 78 valence electrons. The van der Waals surface area contributed by atoms with Gasteiger partial charge >= 0.3 is 0 Å². The Morgan fingerprint density at radius 1 is 1.29 bits per heavy atom. The van der Waals surface area contributed by atoms with Crippen molar-refractivity contribution in [3.63, 3.8) is 0 Å². The number of rotatable bonds is 5. The lowest BCUT2D eigenvalue weighted by atomic mass is 9.85. The van der Waals surface area contributed by atoms with Crippen molar-refractivity contribution in [3.8, 4) is 12.3 Å². The summed E-state index contributed by atoms with van der Waals surface area (Å²) >= 11 is 0. The molecule has 0 amide bonds. The number of hydrogen-bond donors (Lipinski definition) is 0. The second kappa shape index (κ2) is 6.65. The first-order valence-electron chi connectivity index (χ1n) is 5.78. The monoisotopic (exact) mass is 192 g/mol. The number of carbonyl (C=O) groups excluding carboxylic acids is 1. The van der Waals surface area contributed by atoms with Crippen LogP contribution in [0.4, 0.5) is 0 Å². The Morgan fingerprint density at radius 2 is 2.00 bits per heavy atom. The Labute approximate surface area is 87.3 Å². The first kappa shape index (κ1) is 11.3. The molecule has 0 heterocycles. The van der Waals surface area contributed by atoms with Gasteiger partial charge < -0.3 is 0 Å². The summed E-state index contributed by atoms with van der Waals surface area (Å²) in [4.78, 5) is 11.5. The summed E-state index contributed by atoms with van der Waals surface area (Å²) in [6.45, 7) is 0. The first-order chi connectivity index (χ1) is 6.83. The largest absolute Gasteiger partial charge is 0.300 e. The summed E-state index contributed by atoms with van der Waals surface area (Å²) in [5.41, 5.74) is 0. The second-order valence-corrected chi connectivity index (χ2v) is 4.30. The molecule has 1 rings (SSSR count). The Balaban J connectivity index is 2.10. The van der Waals surface area contributed by atoms with Crippen LogP contribution in [0.1, 0.15) is 57.8 Å². The summed E-state index contributed by atoms with van der Waals surface area (Å²) < 4.78 is 0. The Morgan fingerprint density at radius 3 is 2.64 bits per heavy atom. The summed E-state index contributed by atoms with van der Waals surface area (Å²) in [5.74, 6) is 3.68. The van der Waals surface area contributed by atoms with Crippen LogP contribution in [0.2, 0.25) is 0 Å². The van der Waals surface area contributed by atoms with Gasteiger partial charge in [-0.25, -0.2) is 0 Å². The van der Waals surface area contributed by atoms with Crippen molar-refractivity contribution in [2.45, 2.75) is 57.8 Å². The van der Waals surface area contributed by atoms with Crippen LogP contribution in [-0.4, -0.2) is 5.78 Å². The van der Waals surface area contributed by atoms with Crippen LogP contribution in [0.3, 0.4) is 0 Å². The van der Waals surface area contributed by atoms with Crippen LogP contribution in [0.5, 0.6) is 0 Å². The van der Waals surface area contributed by atoms with Crippen LogP contribution in [0, 0.1) is 18.3 Å². The standard InChI is InChI=1S/C13H20O/c1-2-3-5-10-13(14)11-12-8-6-4-7-9-12/h1,12H,3-11H2. The van der Waals surface area contributed by atoms with Crippen LogP contribution in [0.25, 0.3) is 0 Å². The van der Waals surface area contributed by atoms with Gasteiger partial charge in [0.2, 0.25) is 0 Å². The van der Waals surface area contributed by atoms with Crippen molar-refractivity contribution < 1.29 is 4.79 Å². The third-order valence-electron chi connectivity index (χ3n) is 3.02. The predicted molar refractivity (Wildman–Crippen MR) is 58.9 cm³/mol. The lowest BCUT2D eigenvalue weighted by Crippen LogP contribution is -2.11. The molecule has 0 spiro atoms. The van der Waals surface area contributed by atoms with Crippen LogP contribution in [0.15, 0.2) is 0 Å². The normalized spacial score (nSPS) is 17.6. The molecule has 14 heavy (non-hydrogen) atoms. The van der Waals surface area contributed by atoms with Gasteiger partial charge in [-0.15, -0.1) is 12.3 Å². The van der Waals surface area contributed by atoms with Crippen LogP contribution in [-0.2, 0) is 4.79 Å². The van der Waals surface area contributed by atoms with Gasteiger partial charge in [0, 0.05) is 19.3 Å². The molecule has 0 aromatic carbocycles. The molecule has 0 unspecified atom stereocenters. The van der Waals surface area contributed by atoms with E-state index >= 15 is 0 Å². The van der Waals surface area contributed by atoms with Gasteiger partial charge in [0.15, 0.2) is 0 Å². The van der Waals surface area contributed by atoms with E-state index < -0.39 is 0 Å². The Bertz CT molecular complexity index is 206. The van der Waals surface area contributed by atoms with E-state index in [1.54, 1.807) is 0 Å². The smallest absolute Gasteiger partial charge is 0.133 e. The van der Waals surface area contributed by atoms with E-state index in [0.29, 0.717) is 18.1 Å². The third-order valence-corrected chi connectivity index (χ3v) is 3.02. The zero-order valence-corrected chi connectivity index (χ0v) is 8.93. The topological polar surface area (TPSA) is 17.1 Å². The number of ketones is 1. The van der Waals surface area contributed by atoms with Crippen molar-refractivity contribution in [1.29, 1.82) is 0 Å². The summed E-state index contributed by atoms with van der Waals surface area (Å²) in [7, 11) is 0. The van der Waals surface area contributed by atoms with E-state index in [-0.39, 0.29) is 0 Å². The van der Waals surface area contributed by atoms with E-state index in [9.17, 15) is 4.79 Å². The van der Waals surface area contributed by atoms with Crippen LogP contribution >= 0.6 is 0 Å². The van der Waals surface area contributed by atoms with Crippen molar-refractivity contribution >= 4 is 5.78 Å². The fraction of sp³-hybridized carbons (Fsp3) is 0.769. The van der Waals surface area contributed by atoms with Gasteiger partial charge in [0.1, 0.15) is 5.78 Å². The predicted octanol–water partition coefficient (Wildman–Crippen LogP) is 3.33. The molecular weight excluding hydrogens is 172 g/mol. The summed E-state index contributed by atoms with van der Waals surface area (Å²) in [6.07, 6.45) is 14.8. The zero-order chi connectivity index (χ0) is 10.2. The molecular formula is C13H20O. The van der Waals surface area contributed by atoms with Gasteiger partial charge in [-0.1, -0.05) is 32.1 Å². The number of carbonyl (C=O) groups is 1. The highest BCUT2D eigenvalue weighted by atomic mass is 16.1. The van der Waals surface area contributed by atoms with Gasteiger partial charge in [-0.3, -0.25) is 4.79 Å². The molecule has 0 atom stereocenters. The molecule has 1 saturated carbocycles. The number of terminal acetylenes is 1. The molecule has 1 aliphatic carbocycles. The second-order valence-electron chi connectivity index (χ2n) is 4.30. The molecule has 0 aromatic heterocycles. The minimum absolute atomic E-state index is 0.423. The quantitative estimate of drug-likeness (QED) is 0.482. The highest BCUT2D eigenvalue weighted by molar-refractivity contribution is 5.78. The molecule has 0 saturated heterocycles. The van der Waals surface area contributed by atoms with E-state index in [2.05, 4.69) is 5.92 Å². The van der Waals surface area contributed by atoms with Gasteiger partial charge in [-0.05, 0) is 12.3 Å². The summed E-state index contributed by atoms with van der Waals surface area (Å²) in [5, 5.41) is 0. The molecule has 0 bridgehead atoms. The fourth-order valence-electron chi connectivity index (χ4n) is 2.20. The average molecular weight is 192 g/mol. The van der Waals surface area contributed by atoms with Crippen molar-refractivity contribution in [1.82, 2.24) is 0 Å². The molecule has 1 heteroatoms. The molecule has 1 nitrogen and oxygen atoms in total. The minimum Gasteiger partial charge on any atom is -0.300 e. The highest BCUT2D eigenvalue weighted by Gasteiger charge is 2.16. The van der Waals surface area contributed by atoms with E-state index in [1.807, 2.05) is 0 Å². The fourth-order valence-corrected chi connectivity index (χ4v) is 2.20. The van der Waals surface area contributed by atoms with E-state index in [1.165, 1.54) is 32.1 Å². The van der Waals surface area contributed by atoms with Crippen molar-refractivity contribution in [2.75, 3.05) is 0 Å². The molecule has 1 aliphatic rings. The SMILES string of the molecule is C#CCCCC(=O)CC1CCCCC1.